The fourth-order valence-corrected chi connectivity index (χ4v) is 4.55. The average molecular weight is 306 g/mol. The van der Waals surface area contributed by atoms with Crippen molar-refractivity contribution in [3.63, 3.8) is 0 Å². The van der Waals surface area contributed by atoms with Crippen molar-refractivity contribution in [1.82, 2.24) is 0 Å². The van der Waals surface area contributed by atoms with Crippen molar-refractivity contribution >= 4 is 0 Å². The lowest BCUT2D eigenvalue weighted by Gasteiger charge is -2.39. The molecular weight excluding hydrogens is 276 g/mol. The van der Waals surface area contributed by atoms with Gasteiger partial charge in [-0.15, -0.1) is 0 Å². The molecule has 2 aliphatic carbocycles. The molecule has 7 atom stereocenters. The molecular formula is C19H30O3. The number of allylic oxidation sites excluding steroid dienone is 4. The van der Waals surface area contributed by atoms with Crippen molar-refractivity contribution in [1.29, 1.82) is 0 Å². The maximum absolute atomic E-state index is 9.80. The molecule has 0 radical (unpaired) electrons. The molecule has 1 saturated heterocycles. The molecule has 22 heavy (non-hydrogen) atoms. The fourth-order valence-electron chi connectivity index (χ4n) is 4.55. The highest BCUT2D eigenvalue weighted by atomic mass is 16.6. The average Bonchev–Trinajstić information content (AvgIpc) is 2.45. The van der Waals surface area contributed by atoms with Crippen LogP contribution in [0.3, 0.4) is 0 Å². The Morgan fingerprint density at radius 3 is 2.73 bits per heavy atom. The van der Waals surface area contributed by atoms with E-state index in [1.165, 1.54) is 18.4 Å². The predicted molar refractivity (Wildman–Crippen MR) is 87.1 cm³/mol. The first-order chi connectivity index (χ1) is 10.5. The van der Waals surface area contributed by atoms with Crippen molar-refractivity contribution in [3.8, 4) is 0 Å². The minimum Gasteiger partial charge on any atom is -0.393 e. The zero-order valence-electron chi connectivity index (χ0n) is 13.8. The third kappa shape index (κ3) is 3.64. The number of rotatable bonds is 3. The summed E-state index contributed by atoms with van der Waals surface area (Å²) in [5, 5.41) is 19.4. The Morgan fingerprint density at radius 1 is 1.14 bits per heavy atom. The number of hydrogen-bond acceptors (Lipinski definition) is 3. The highest BCUT2D eigenvalue weighted by molar-refractivity contribution is 5.29. The quantitative estimate of drug-likeness (QED) is 0.840. The maximum Gasteiger partial charge on any atom is 0.157 e. The molecule has 0 bridgehead atoms. The Balaban J connectivity index is 1.61. The zero-order chi connectivity index (χ0) is 15.7. The normalized spacial score (nSPS) is 45.3. The number of aliphatic hydroxyl groups is 2. The molecule has 0 unspecified atom stereocenters. The second-order valence-corrected chi connectivity index (χ2v) is 7.63. The van der Waals surface area contributed by atoms with Gasteiger partial charge in [-0.05, 0) is 61.3 Å². The molecule has 0 saturated carbocycles. The first-order valence-electron chi connectivity index (χ1n) is 8.94. The Kier molecular flexibility index (Phi) is 5.06. The van der Waals surface area contributed by atoms with Gasteiger partial charge in [0.15, 0.2) is 6.29 Å². The lowest BCUT2D eigenvalue weighted by molar-refractivity contribution is -0.191. The first kappa shape index (κ1) is 16.2. The maximum atomic E-state index is 9.80. The Hall–Kier alpha value is -0.640. The highest BCUT2D eigenvalue weighted by Crippen LogP contribution is 2.43. The minimum atomic E-state index is -0.789. The van der Waals surface area contributed by atoms with Crippen LogP contribution in [0.15, 0.2) is 23.8 Å². The second-order valence-electron chi connectivity index (χ2n) is 7.63. The van der Waals surface area contributed by atoms with Crippen LogP contribution in [-0.4, -0.2) is 28.7 Å². The molecule has 1 fully saturated rings. The van der Waals surface area contributed by atoms with Crippen molar-refractivity contribution in [2.45, 2.75) is 70.9 Å². The van der Waals surface area contributed by atoms with Crippen LogP contribution in [0.2, 0.25) is 0 Å². The van der Waals surface area contributed by atoms with Crippen LogP contribution < -0.4 is 0 Å². The van der Waals surface area contributed by atoms with Gasteiger partial charge in [-0.25, -0.2) is 0 Å². The lowest BCUT2D eigenvalue weighted by Crippen LogP contribution is -2.36. The molecule has 0 aromatic heterocycles. The molecule has 3 heteroatoms. The summed E-state index contributed by atoms with van der Waals surface area (Å²) in [6, 6.07) is 0. The van der Waals surface area contributed by atoms with E-state index in [1.54, 1.807) is 0 Å². The summed E-state index contributed by atoms with van der Waals surface area (Å²) >= 11 is 0. The highest BCUT2D eigenvalue weighted by Gasteiger charge is 2.34. The topological polar surface area (TPSA) is 49.7 Å². The van der Waals surface area contributed by atoms with Crippen LogP contribution in [0.4, 0.5) is 0 Å². The van der Waals surface area contributed by atoms with Gasteiger partial charge in [0.2, 0.25) is 0 Å². The standard InChI is InChI=1S/C19H30O3/c1-12-3-7-18-14(9-12)5-4-13(2)17(18)8-6-16-10-15(20)11-19(21)22-16/h4-5,9,12-13,15-21H,3,6-8,10-11H2,1-2H3/t12-,13+,15+,16+,17+,18+,19-/m1/s1. The number of fused-ring (bicyclic) bond motifs is 1. The second kappa shape index (κ2) is 6.86. The van der Waals surface area contributed by atoms with Crippen LogP contribution in [0.25, 0.3) is 0 Å². The summed E-state index contributed by atoms with van der Waals surface area (Å²) in [5.74, 6) is 2.67. The van der Waals surface area contributed by atoms with Gasteiger partial charge in [-0.1, -0.05) is 32.1 Å². The van der Waals surface area contributed by atoms with E-state index in [4.69, 9.17) is 4.74 Å². The Morgan fingerprint density at radius 2 is 1.95 bits per heavy atom. The van der Waals surface area contributed by atoms with Gasteiger partial charge in [-0.3, -0.25) is 0 Å². The number of hydrogen-bond donors (Lipinski definition) is 2. The van der Waals surface area contributed by atoms with E-state index in [0.717, 1.165) is 12.8 Å². The van der Waals surface area contributed by atoms with E-state index in [9.17, 15) is 10.2 Å². The van der Waals surface area contributed by atoms with Gasteiger partial charge in [0.25, 0.3) is 0 Å². The van der Waals surface area contributed by atoms with Crippen molar-refractivity contribution in [2.24, 2.45) is 23.7 Å². The van der Waals surface area contributed by atoms with Crippen molar-refractivity contribution in [2.75, 3.05) is 0 Å². The summed E-state index contributed by atoms with van der Waals surface area (Å²) in [4.78, 5) is 0. The summed E-state index contributed by atoms with van der Waals surface area (Å²) in [5.41, 5.74) is 1.53. The SMILES string of the molecule is C[C@H]1C=C2C=C[C@H](C)[C@H](CC[C@H]3C[C@H](O)C[C@H](O)O3)[C@H]2CC1. The largest absolute Gasteiger partial charge is 0.393 e. The van der Waals surface area contributed by atoms with E-state index in [-0.39, 0.29) is 6.10 Å². The van der Waals surface area contributed by atoms with Crippen LogP contribution in [-0.2, 0) is 4.74 Å². The van der Waals surface area contributed by atoms with Crippen molar-refractivity contribution in [3.05, 3.63) is 23.8 Å². The van der Waals surface area contributed by atoms with E-state index in [0.29, 0.717) is 36.5 Å². The van der Waals surface area contributed by atoms with Crippen LogP contribution in [0, 0.1) is 23.7 Å². The third-order valence-corrected chi connectivity index (χ3v) is 5.80. The van der Waals surface area contributed by atoms with Gasteiger partial charge in [0.1, 0.15) is 0 Å². The van der Waals surface area contributed by atoms with Crippen LogP contribution in [0.1, 0.15) is 52.4 Å². The van der Waals surface area contributed by atoms with E-state index >= 15 is 0 Å². The molecule has 3 rings (SSSR count). The predicted octanol–water partition coefficient (Wildman–Crippen LogP) is 3.42. The molecule has 0 spiro atoms. The molecule has 3 aliphatic rings. The molecule has 0 aromatic rings. The van der Waals surface area contributed by atoms with Crippen LogP contribution in [0.5, 0.6) is 0 Å². The summed E-state index contributed by atoms with van der Waals surface area (Å²) in [6.07, 6.45) is 11.6. The number of ether oxygens (including phenoxy) is 1. The molecule has 0 aromatic carbocycles. The van der Waals surface area contributed by atoms with Crippen molar-refractivity contribution < 1.29 is 14.9 Å². The van der Waals surface area contributed by atoms with Gasteiger partial charge in [-0.2, -0.15) is 0 Å². The summed E-state index contributed by atoms with van der Waals surface area (Å²) in [6.45, 7) is 4.63. The van der Waals surface area contributed by atoms with E-state index in [2.05, 4.69) is 32.1 Å². The molecule has 2 N–H and O–H groups in total. The molecule has 1 aliphatic heterocycles. The third-order valence-electron chi connectivity index (χ3n) is 5.80. The summed E-state index contributed by atoms with van der Waals surface area (Å²) < 4.78 is 5.60. The van der Waals surface area contributed by atoms with Gasteiger partial charge < -0.3 is 14.9 Å². The van der Waals surface area contributed by atoms with Gasteiger partial charge in [0, 0.05) is 6.42 Å². The fraction of sp³-hybridized carbons (Fsp3) is 0.789. The van der Waals surface area contributed by atoms with Gasteiger partial charge in [0.05, 0.1) is 12.2 Å². The van der Waals surface area contributed by atoms with Gasteiger partial charge >= 0.3 is 0 Å². The minimum absolute atomic E-state index is 0.00630. The lowest BCUT2D eigenvalue weighted by atomic mass is 9.66. The first-order valence-corrected chi connectivity index (χ1v) is 8.94. The van der Waals surface area contributed by atoms with E-state index in [1.807, 2.05) is 0 Å². The summed E-state index contributed by atoms with van der Waals surface area (Å²) in [7, 11) is 0. The molecule has 0 amide bonds. The molecule has 124 valence electrons. The Bertz CT molecular complexity index is 432. The molecule has 1 heterocycles. The van der Waals surface area contributed by atoms with Crippen LogP contribution >= 0.6 is 0 Å². The van der Waals surface area contributed by atoms with E-state index < -0.39 is 12.4 Å². The molecule has 3 nitrogen and oxygen atoms in total. The Labute approximate surface area is 134 Å². The zero-order valence-corrected chi connectivity index (χ0v) is 13.8. The monoisotopic (exact) mass is 306 g/mol. The smallest absolute Gasteiger partial charge is 0.157 e. The number of aliphatic hydroxyl groups excluding tert-OH is 2.